The van der Waals surface area contributed by atoms with Gasteiger partial charge in [0.25, 0.3) is 11.8 Å². The number of benzene rings is 2. The average Bonchev–Trinajstić information content (AvgIpc) is 2.61. The third kappa shape index (κ3) is 6.31. The van der Waals surface area contributed by atoms with E-state index in [0.717, 1.165) is 0 Å². The number of likely N-dealkylation sites (N-methyl/N-ethyl adjacent to an activating group) is 1. The lowest BCUT2D eigenvalue weighted by Gasteiger charge is -2.19. The first kappa shape index (κ1) is 22.6. The number of nitrogens with zero attached hydrogens (tertiary/aromatic N) is 1. The van der Waals surface area contributed by atoms with Crippen LogP contribution in [0.1, 0.15) is 20.7 Å². The van der Waals surface area contributed by atoms with E-state index in [4.69, 9.17) is 0 Å². The Morgan fingerprint density at radius 1 is 1.04 bits per heavy atom. The summed E-state index contributed by atoms with van der Waals surface area (Å²) in [4.78, 5) is 26.8. The van der Waals surface area contributed by atoms with Crippen molar-refractivity contribution < 1.29 is 20.0 Å². The van der Waals surface area contributed by atoms with E-state index < -0.39 is 17.0 Å². The number of anilines is 1. The van der Waals surface area contributed by atoms with E-state index in [1.807, 2.05) is 19.0 Å². The predicted octanol–water partition coefficient (Wildman–Crippen LogP) is 1.06. The summed E-state index contributed by atoms with van der Waals surface area (Å²) in [6, 6.07) is 13.0. The normalized spacial score (nSPS) is 11.4. The molecule has 146 valence electrons. The van der Waals surface area contributed by atoms with Gasteiger partial charge in [0.15, 0.2) is 5.69 Å². The van der Waals surface area contributed by atoms with Crippen LogP contribution in [0.4, 0.5) is 11.4 Å². The van der Waals surface area contributed by atoms with Crippen molar-refractivity contribution in [2.24, 2.45) is 0 Å². The Bertz CT molecular complexity index is 769. The van der Waals surface area contributed by atoms with Crippen molar-refractivity contribution in [3.05, 3.63) is 64.9 Å². The number of hydrogen-bond acceptors (Lipinski definition) is 5. The minimum absolute atomic E-state index is 0. The Morgan fingerprint density at radius 3 is 2.19 bits per heavy atom. The maximum Gasteiger partial charge on any atom is 0.261 e. The fourth-order valence-electron chi connectivity index (χ4n) is 2.37. The van der Waals surface area contributed by atoms with Crippen LogP contribution in [0, 0.1) is 5.21 Å². The van der Waals surface area contributed by atoms with Crippen molar-refractivity contribution in [1.82, 2.24) is 10.2 Å². The van der Waals surface area contributed by atoms with Crippen LogP contribution in [0.25, 0.3) is 0 Å². The van der Waals surface area contributed by atoms with Gasteiger partial charge in [-0.1, -0.05) is 24.3 Å². The Balaban J connectivity index is 0.00000364. The highest BCUT2D eigenvalue weighted by Gasteiger charge is 2.24. The van der Waals surface area contributed by atoms with Crippen molar-refractivity contribution in [2.75, 3.05) is 32.5 Å². The van der Waals surface area contributed by atoms with E-state index in [1.54, 1.807) is 30.3 Å². The van der Waals surface area contributed by atoms with Gasteiger partial charge in [-0.15, -0.1) is 12.4 Å². The third-order valence-electron chi connectivity index (χ3n) is 3.64. The Hall–Kier alpha value is -2.49. The van der Waals surface area contributed by atoms with E-state index in [1.165, 1.54) is 18.2 Å². The molecular formula is C18H23ClN4O4. The van der Waals surface area contributed by atoms with E-state index in [2.05, 4.69) is 10.6 Å². The lowest BCUT2D eigenvalue weighted by molar-refractivity contribution is -0.991. The van der Waals surface area contributed by atoms with E-state index in [-0.39, 0.29) is 29.2 Å². The second-order valence-electron chi connectivity index (χ2n) is 5.91. The summed E-state index contributed by atoms with van der Waals surface area (Å²) in [5, 5.41) is 25.2. The molecule has 0 aliphatic heterocycles. The smallest absolute Gasteiger partial charge is 0.261 e. The molecule has 1 unspecified atom stereocenters. The highest BCUT2D eigenvalue weighted by Crippen LogP contribution is 2.19. The first-order valence-corrected chi connectivity index (χ1v) is 8.05. The molecule has 8 nitrogen and oxygen atoms in total. The van der Waals surface area contributed by atoms with Crippen LogP contribution in [0.5, 0.6) is 0 Å². The standard InChI is InChI=1S/C18H22N4O4.ClH/c1-21(2)12-11-19-17(23)14-9-6-10-15(16(14)22(25)26)18(24)20-13-7-4-3-5-8-13;/h3-10,22,25H,11-12H2,1-2H3,(H,19,23)(H,20,24);1H. The topological polar surface area (TPSA) is 109 Å². The summed E-state index contributed by atoms with van der Waals surface area (Å²) in [5.41, 5.74) is 0.108. The fraction of sp³-hybridized carbons (Fsp3) is 0.222. The highest BCUT2D eigenvalue weighted by atomic mass is 35.5. The van der Waals surface area contributed by atoms with Gasteiger partial charge < -0.3 is 20.7 Å². The molecule has 27 heavy (non-hydrogen) atoms. The molecule has 4 N–H and O–H groups in total. The largest absolute Gasteiger partial charge is 0.595 e. The summed E-state index contributed by atoms with van der Waals surface area (Å²) in [6.07, 6.45) is 0. The van der Waals surface area contributed by atoms with Gasteiger partial charge in [0, 0.05) is 18.8 Å². The summed E-state index contributed by atoms with van der Waals surface area (Å²) in [7, 11) is 3.73. The van der Waals surface area contributed by atoms with Crippen LogP contribution in [-0.4, -0.2) is 49.1 Å². The van der Waals surface area contributed by atoms with Crippen molar-refractivity contribution in [3.63, 3.8) is 0 Å². The lowest BCUT2D eigenvalue weighted by Crippen LogP contribution is -2.99. The number of para-hydroxylation sites is 2. The summed E-state index contributed by atoms with van der Waals surface area (Å²) >= 11 is 0. The van der Waals surface area contributed by atoms with Gasteiger partial charge in [-0.25, -0.2) is 5.21 Å². The Labute approximate surface area is 163 Å². The van der Waals surface area contributed by atoms with Gasteiger partial charge in [-0.3, -0.25) is 9.59 Å². The molecule has 0 spiro atoms. The molecule has 0 fully saturated rings. The number of nitrogens with one attached hydrogen (secondary N) is 3. The molecule has 0 bridgehead atoms. The maximum absolute atomic E-state index is 12.5. The van der Waals surface area contributed by atoms with Crippen LogP contribution in [0.3, 0.4) is 0 Å². The van der Waals surface area contributed by atoms with Crippen molar-refractivity contribution in [1.29, 1.82) is 0 Å². The van der Waals surface area contributed by atoms with Crippen molar-refractivity contribution in [3.8, 4) is 0 Å². The fourth-order valence-corrected chi connectivity index (χ4v) is 2.37. The number of carbonyl (C=O) groups is 2. The SMILES string of the molecule is CN(C)CCNC(=O)c1cccc(C(=O)Nc2ccccc2)c1[NH+]([O-])O.Cl. The average molecular weight is 395 g/mol. The van der Waals surface area contributed by atoms with E-state index in [9.17, 15) is 20.0 Å². The molecule has 0 aliphatic carbocycles. The zero-order valence-corrected chi connectivity index (χ0v) is 15.9. The number of quaternary nitrogens is 1. The van der Waals surface area contributed by atoms with Crippen LogP contribution < -0.4 is 15.9 Å². The second kappa shape index (κ2) is 10.6. The van der Waals surface area contributed by atoms with Gasteiger partial charge in [0.05, 0.1) is 0 Å². The zero-order chi connectivity index (χ0) is 19.1. The zero-order valence-electron chi connectivity index (χ0n) is 15.1. The molecule has 2 aromatic carbocycles. The second-order valence-corrected chi connectivity index (χ2v) is 5.91. The molecule has 0 heterocycles. The number of halogens is 1. The summed E-state index contributed by atoms with van der Waals surface area (Å²) in [6.45, 7) is 0.980. The molecule has 0 aromatic heterocycles. The molecule has 2 rings (SSSR count). The van der Waals surface area contributed by atoms with Crippen molar-refractivity contribution >= 4 is 35.6 Å². The monoisotopic (exact) mass is 394 g/mol. The summed E-state index contributed by atoms with van der Waals surface area (Å²) in [5.74, 6) is -1.12. The van der Waals surface area contributed by atoms with Gasteiger partial charge in [-0.2, -0.15) is 5.23 Å². The Kier molecular flexibility index (Phi) is 8.86. The molecule has 1 atom stereocenters. The quantitative estimate of drug-likeness (QED) is 0.525. The number of hydrogen-bond donors (Lipinski definition) is 4. The molecule has 0 aliphatic rings. The van der Waals surface area contributed by atoms with E-state index >= 15 is 0 Å². The number of carbonyl (C=O) groups excluding carboxylic acids is 2. The van der Waals surface area contributed by atoms with Gasteiger partial charge in [-0.05, 0) is 38.4 Å². The molecule has 9 heteroatoms. The Morgan fingerprint density at radius 2 is 1.63 bits per heavy atom. The van der Waals surface area contributed by atoms with Crippen molar-refractivity contribution in [2.45, 2.75) is 0 Å². The maximum atomic E-state index is 12.5. The molecule has 0 saturated heterocycles. The molecular weight excluding hydrogens is 372 g/mol. The third-order valence-corrected chi connectivity index (χ3v) is 3.64. The van der Waals surface area contributed by atoms with E-state index in [0.29, 0.717) is 18.8 Å². The first-order valence-electron chi connectivity index (χ1n) is 8.05. The van der Waals surface area contributed by atoms with Crippen LogP contribution >= 0.6 is 12.4 Å². The lowest BCUT2D eigenvalue weighted by atomic mass is 10.1. The first-order chi connectivity index (χ1) is 12.4. The van der Waals surface area contributed by atoms with Gasteiger partial charge >= 0.3 is 0 Å². The minimum atomic E-state index is -1.33. The van der Waals surface area contributed by atoms with Gasteiger partial charge in [0.2, 0.25) is 0 Å². The molecule has 0 radical (unpaired) electrons. The highest BCUT2D eigenvalue weighted by molar-refractivity contribution is 6.10. The molecule has 2 aromatic rings. The molecule has 2 amide bonds. The predicted molar refractivity (Wildman–Crippen MR) is 105 cm³/mol. The molecule has 0 saturated carbocycles. The summed E-state index contributed by atoms with van der Waals surface area (Å²) < 4.78 is 0. The minimum Gasteiger partial charge on any atom is -0.595 e. The van der Waals surface area contributed by atoms with Gasteiger partial charge in [0.1, 0.15) is 11.1 Å². The van der Waals surface area contributed by atoms with Crippen LogP contribution in [0.2, 0.25) is 0 Å². The van der Waals surface area contributed by atoms with Crippen LogP contribution in [-0.2, 0) is 0 Å². The van der Waals surface area contributed by atoms with Crippen LogP contribution in [0.15, 0.2) is 48.5 Å². The number of amides is 2. The number of rotatable bonds is 7.